The Balaban J connectivity index is 2.04. The minimum atomic E-state index is -3.69. The van der Waals surface area contributed by atoms with Crippen LogP contribution in [0.25, 0.3) is 0 Å². The average Bonchev–Trinajstić information content (AvgIpc) is 2.91. The average molecular weight is 345 g/mol. The summed E-state index contributed by atoms with van der Waals surface area (Å²) in [6.45, 7) is 1.24. The molecule has 9 heteroatoms. The summed E-state index contributed by atoms with van der Waals surface area (Å²) in [6, 6.07) is 2.55. The van der Waals surface area contributed by atoms with Crippen molar-refractivity contribution in [3.8, 4) is 0 Å². The molecule has 1 aromatic carbocycles. The molecule has 0 aliphatic carbocycles. The van der Waals surface area contributed by atoms with E-state index in [0.717, 1.165) is 16.4 Å². The van der Waals surface area contributed by atoms with Gasteiger partial charge in [-0.25, -0.2) is 21.5 Å². The molecule has 0 aromatic heterocycles. The van der Waals surface area contributed by atoms with Crippen molar-refractivity contribution in [2.24, 2.45) is 0 Å². The third-order valence-corrected chi connectivity index (χ3v) is 5.75. The van der Waals surface area contributed by atoms with Crippen LogP contribution in [0.2, 0.25) is 0 Å². The maximum atomic E-state index is 14.0. The van der Waals surface area contributed by atoms with Crippen molar-refractivity contribution >= 4 is 15.8 Å². The molecule has 1 aromatic rings. The van der Waals surface area contributed by atoms with Crippen LogP contribution in [0.15, 0.2) is 29.8 Å². The summed E-state index contributed by atoms with van der Waals surface area (Å²) in [7, 11) is -3.69. The van der Waals surface area contributed by atoms with Gasteiger partial charge < -0.3 is 9.84 Å². The monoisotopic (exact) mass is 345 g/mol. The van der Waals surface area contributed by atoms with Crippen molar-refractivity contribution in [2.45, 2.75) is 18.9 Å². The molecule has 1 N–H and O–H groups in total. The number of carbonyl (C=O) groups is 1. The number of ketones is 1. The van der Waals surface area contributed by atoms with Crippen molar-refractivity contribution in [3.63, 3.8) is 0 Å². The molecule has 0 amide bonds. The molecular formula is C14H13F2NO5S. The first-order chi connectivity index (χ1) is 10.7. The van der Waals surface area contributed by atoms with Gasteiger partial charge in [0.25, 0.3) is 11.7 Å². The van der Waals surface area contributed by atoms with Gasteiger partial charge in [0.1, 0.15) is 11.6 Å². The lowest BCUT2D eigenvalue weighted by atomic mass is 9.91. The quantitative estimate of drug-likeness (QED) is 0.879. The second-order valence-electron chi connectivity index (χ2n) is 5.48. The van der Waals surface area contributed by atoms with Gasteiger partial charge in [-0.05, 0) is 25.5 Å². The van der Waals surface area contributed by atoms with E-state index in [1.54, 1.807) is 0 Å². The number of hydrogen-bond donors (Lipinski definition) is 1. The third-order valence-electron chi connectivity index (χ3n) is 3.92. The summed E-state index contributed by atoms with van der Waals surface area (Å²) in [5.41, 5.74) is -2.25. The summed E-state index contributed by atoms with van der Waals surface area (Å²) in [6.07, 6.45) is 0.318. The maximum Gasteiger partial charge on any atom is 0.252 e. The van der Waals surface area contributed by atoms with Crippen molar-refractivity contribution < 1.29 is 31.8 Å². The van der Waals surface area contributed by atoms with Crippen LogP contribution in [0.5, 0.6) is 0 Å². The normalized spacial score (nSPS) is 26.7. The third kappa shape index (κ3) is 2.26. The smallest absolute Gasteiger partial charge is 0.252 e. The highest BCUT2D eigenvalue weighted by Gasteiger charge is 2.52. The Morgan fingerprint density at radius 2 is 2.04 bits per heavy atom. The fourth-order valence-electron chi connectivity index (χ4n) is 2.70. The topological polar surface area (TPSA) is 83.9 Å². The zero-order valence-electron chi connectivity index (χ0n) is 12.0. The Labute approximate surface area is 131 Å². The van der Waals surface area contributed by atoms with Crippen molar-refractivity contribution in [1.29, 1.82) is 0 Å². The molecule has 1 saturated heterocycles. The molecule has 2 heterocycles. The minimum absolute atomic E-state index is 0.0526. The zero-order valence-corrected chi connectivity index (χ0v) is 12.9. The Morgan fingerprint density at radius 3 is 2.61 bits per heavy atom. The first kappa shape index (κ1) is 15.7. The second kappa shape index (κ2) is 4.92. The summed E-state index contributed by atoms with van der Waals surface area (Å²) in [5.74, 6) is -4.39. The molecule has 0 radical (unpaired) electrons. The summed E-state index contributed by atoms with van der Waals surface area (Å²) in [5, 5.41) is 9.99. The number of ether oxygens (including phenoxy) is 1. The standard InChI is InChI=1S/C14H13F2NO5S/c1-14(9-4-3-8(15)7-10(9)16)12(19)11(18)13(22-14)17-5-2-6-23(17,20)21/h3-4,7,18H,2,5-6H2,1H3. The van der Waals surface area contributed by atoms with Crippen LogP contribution in [0.4, 0.5) is 8.78 Å². The van der Waals surface area contributed by atoms with Gasteiger partial charge in [-0.3, -0.25) is 4.79 Å². The van der Waals surface area contributed by atoms with E-state index in [-0.39, 0.29) is 17.9 Å². The molecule has 0 bridgehead atoms. The summed E-state index contributed by atoms with van der Waals surface area (Å²) >= 11 is 0. The van der Waals surface area contributed by atoms with E-state index in [1.165, 1.54) is 6.92 Å². The number of hydrogen-bond acceptors (Lipinski definition) is 5. The molecule has 3 rings (SSSR count). The SMILES string of the molecule is CC1(c2ccc(F)cc2F)OC(N2CCCS2(=O)=O)=C(O)C1=O. The lowest BCUT2D eigenvalue weighted by molar-refractivity contribution is -0.132. The molecule has 6 nitrogen and oxygen atoms in total. The van der Waals surface area contributed by atoms with Crippen LogP contribution < -0.4 is 0 Å². The molecule has 124 valence electrons. The number of nitrogens with zero attached hydrogens (tertiary/aromatic N) is 1. The zero-order chi connectivity index (χ0) is 17.0. The Bertz CT molecular complexity index is 836. The predicted octanol–water partition coefficient (Wildman–Crippen LogP) is 1.54. The van der Waals surface area contributed by atoms with Gasteiger partial charge in [-0.2, -0.15) is 0 Å². The molecule has 1 atom stereocenters. The first-order valence-corrected chi connectivity index (χ1v) is 8.41. The fraction of sp³-hybridized carbons (Fsp3) is 0.357. The highest BCUT2D eigenvalue weighted by molar-refractivity contribution is 7.89. The van der Waals surface area contributed by atoms with Crippen molar-refractivity contribution in [3.05, 3.63) is 47.0 Å². The fourth-order valence-corrected chi connectivity index (χ4v) is 4.20. The lowest BCUT2D eigenvalue weighted by Crippen LogP contribution is -2.33. The second-order valence-corrected chi connectivity index (χ2v) is 7.50. The van der Waals surface area contributed by atoms with E-state index < -0.39 is 44.7 Å². The van der Waals surface area contributed by atoms with Crippen LogP contribution in [-0.4, -0.2) is 35.9 Å². The summed E-state index contributed by atoms with van der Waals surface area (Å²) < 4.78 is 57.1. The van der Waals surface area contributed by atoms with E-state index in [9.17, 15) is 27.1 Å². The molecule has 2 aliphatic heterocycles. The number of Topliss-reactive ketones (excluding diaryl/α,β-unsaturated/α-hetero) is 1. The first-order valence-electron chi connectivity index (χ1n) is 6.80. The largest absolute Gasteiger partial charge is 0.501 e. The van der Waals surface area contributed by atoms with Gasteiger partial charge in [0, 0.05) is 18.2 Å². The highest BCUT2D eigenvalue weighted by Crippen LogP contribution is 2.41. The van der Waals surface area contributed by atoms with Gasteiger partial charge in [0.2, 0.25) is 21.4 Å². The number of halogens is 2. The molecule has 23 heavy (non-hydrogen) atoms. The molecule has 1 unspecified atom stereocenters. The lowest BCUT2D eigenvalue weighted by Gasteiger charge is -2.26. The molecule has 0 saturated carbocycles. The van der Waals surface area contributed by atoms with E-state index >= 15 is 0 Å². The summed E-state index contributed by atoms with van der Waals surface area (Å²) in [4.78, 5) is 12.3. The van der Waals surface area contributed by atoms with E-state index in [0.29, 0.717) is 12.5 Å². The van der Waals surface area contributed by atoms with Crippen LogP contribution in [0.3, 0.4) is 0 Å². The van der Waals surface area contributed by atoms with Gasteiger partial charge in [-0.1, -0.05) is 0 Å². The van der Waals surface area contributed by atoms with Crippen LogP contribution in [-0.2, 0) is 25.2 Å². The minimum Gasteiger partial charge on any atom is -0.501 e. The van der Waals surface area contributed by atoms with E-state index in [2.05, 4.69) is 0 Å². The van der Waals surface area contributed by atoms with Gasteiger partial charge in [0.15, 0.2) is 0 Å². The van der Waals surface area contributed by atoms with Gasteiger partial charge in [-0.15, -0.1) is 0 Å². The predicted molar refractivity (Wildman–Crippen MR) is 74.6 cm³/mol. The Kier molecular flexibility index (Phi) is 3.36. The maximum absolute atomic E-state index is 14.0. The van der Waals surface area contributed by atoms with Crippen LogP contribution in [0.1, 0.15) is 18.9 Å². The number of aliphatic hydroxyl groups is 1. The molecular weight excluding hydrogens is 332 g/mol. The van der Waals surface area contributed by atoms with E-state index in [1.807, 2.05) is 0 Å². The highest BCUT2D eigenvalue weighted by atomic mass is 32.2. The number of benzene rings is 1. The number of carbonyl (C=O) groups excluding carboxylic acids is 1. The van der Waals surface area contributed by atoms with Gasteiger partial charge >= 0.3 is 0 Å². The number of sulfonamides is 1. The number of rotatable bonds is 2. The van der Waals surface area contributed by atoms with Crippen molar-refractivity contribution in [2.75, 3.05) is 12.3 Å². The Hall–Kier alpha value is -2.16. The number of aliphatic hydroxyl groups excluding tert-OH is 1. The molecule has 0 spiro atoms. The molecule has 2 aliphatic rings. The molecule has 1 fully saturated rings. The van der Waals surface area contributed by atoms with E-state index in [4.69, 9.17) is 4.74 Å². The van der Waals surface area contributed by atoms with Gasteiger partial charge in [0.05, 0.1) is 5.75 Å². The van der Waals surface area contributed by atoms with Crippen LogP contribution in [0, 0.1) is 11.6 Å². The Morgan fingerprint density at radius 1 is 1.35 bits per heavy atom. The van der Waals surface area contributed by atoms with Crippen molar-refractivity contribution in [1.82, 2.24) is 4.31 Å². The van der Waals surface area contributed by atoms with Crippen LogP contribution >= 0.6 is 0 Å².